The standard InChI is InChI=1S/C26H38O7S4/c1-18-2-3-19(34-18)10-30-14-26(15-31-11-20-4-7-23(27)35-20,16-32-12-21-5-8-24(28)36-21)17-33-13-22-6-9-25(29)37-22/h19-22H,1-17H2. The first-order valence-corrected chi connectivity index (χ1v) is 16.6. The fraction of sp³-hybridized carbons (Fsp3) is 0.808. The molecule has 0 N–H and O–H groups in total. The molecule has 4 unspecified atom stereocenters. The molecule has 0 aromatic rings. The Kier molecular flexibility index (Phi) is 12.2. The lowest BCUT2D eigenvalue weighted by Gasteiger charge is -2.34. The van der Waals surface area contributed by atoms with Crippen LogP contribution in [0.15, 0.2) is 11.5 Å². The molecular weight excluding hydrogens is 553 g/mol. The van der Waals surface area contributed by atoms with E-state index < -0.39 is 5.41 Å². The Balaban J connectivity index is 1.35. The number of hydrogen-bond donors (Lipinski definition) is 0. The van der Waals surface area contributed by atoms with E-state index in [1.807, 2.05) is 0 Å². The summed E-state index contributed by atoms with van der Waals surface area (Å²) in [6.45, 7) is 7.88. The lowest BCUT2D eigenvalue weighted by molar-refractivity contribution is -0.111. The molecule has 208 valence electrons. The second-order valence-corrected chi connectivity index (χ2v) is 15.9. The Morgan fingerprint density at radius 2 is 0.892 bits per heavy atom. The summed E-state index contributed by atoms with van der Waals surface area (Å²) in [6.07, 6.45) is 6.49. The lowest BCUT2D eigenvalue weighted by Crippen LogP contribution is -2.43. The highest BCUT2D eigenvalue weighted by atomic mass is 32.2. The van der Waals surface area contributed by atoms with Gasteiger partial charge in [0.1, 0.15) is 0 Å². The third kappa shape index (κ3) is 10.2. The van der Waals surface area contributed by atoms with Gasteiger partial charge in [0.2, 0.25) is 0 Å². The highest BCUT2D eigenvalue weighted by Crippen LogP contribution is 2.36. The van der Waals surface area contributed by atoms with Crippen LogP contribution in [0.1, 0.15) is 51.4 Å². The molecule has 4 aliphatic heterocycles. The van der Waals surface area contributed by atoms with Crippen molar-refractivity contribution in [1.82, 2.24) is 0 Å². The average molecular weight is 591 g/mol. The van der Waals surface area contributed by atoms with Crippen molar-refractivity contribution in [3.05, 3.63) is 11.5 Å². The first kappa shape index (κ1) is 30.0. The van der Waals surface area contributed by atoms with Gasteiger partial charge in [-0.25, -0.2) is 0 Å². The first-order chi connectivity index (χ1) is 17.9. The number of hydrogen-bond acceptors (Lipinski definition) is 11. The minimum absolute atomic E-state index is 0.190. The number of ether oxygens (including phenoxy) is 4. The van der Waals surface area contributed by atoms with E-state index in [-0.39, 0.29) is 31.1 Å². The average Bonchev–Trinajstić information content (AvgIpc) is 3.65. The number of carbonyl (C=O) groups is 3. The Morgan fingerprint density at radius 1 is 0.568 bits per heavy atom. The lowest BCUT2D eigenvalue weighted by atomic mass is 9.92. The molecule has 0 spiro atoms. The van der Waals surface area contributed by atoms with Gasteiger partial charge in [0.05, 0.1) is 58.3 Å². The van der Waals surface area contributed by atoms with Crippen LogP contribution in [0.5, 0.6) is 0 Å². The van der Waals surface area contributed by atoms with E-state index in [9.17, 15) is 14.4 Å². The number of rotatable bonds is 16. The molecule has 4 rings (SSSR count). The van der Waals surface area contributed by atoms with Crippen LogP contribution in [0, 0.1) is 5.41 Å². The molecule has 4 saturated heterocycles. The summed E-state index contributed by atoms with van der Waals surface area (Å²) >= 11 is 5.95. The van der Waals surface area contributed by atoms with Crippen molar-refractivity contribution in [2.24, 2.45) is 5.41 Å². The topological polar surface area (TPSA) is 88.1 Å². The molecular formula is C26H38O7S4. The Labute approximate surface area is 237 Å². The molecule has 11 heteroatoms. The van der Waals surface area contributed by atoms with Crippen LogP contribution in [0.4, 0.5) is 0 Å². The van der Waals surface area contributed by atoms with Gasteiger partial charge < -0.3 is 18.9 Å². The van der Waals surface area contributed by atoms with Gasteiger partial charge in [0.15, 0.2) is 15.3 Å². The third-order valence-electron chi connectivity index (χ3n) is 6.83. The smallest absolute Gasteiger partial charge is 0.189 e. The Bertz CT molecular complexity index is 689. The molecule has 4 atom stereocenters. The number of thioether (sulfide) groups is 4. The zero-order chi connectivity index (χ0) is 26.1. The predicted octanol–water partition coefficient (Wildman–Crippen LogP) is 4.72. The van der Waals surface area contributed by atoms with Crippen molar-refractivity contribution in [1.29, 1.82) is 0 Å². The molecule has 37 heavy (non-hydrogen) atoms. The Morgan fingerprint density at radius 3 is 1.16 bits per heavy atom. The maximum absolute atomic E-state index is 11.7. The molecule has 0 aliphatic carbocycles. The van der Waals surface area contributed by atoms with Crippen molar-refractivity contribution in [3.63, 3.8) is 0 Å². The second kappa shape index (κ2) is 15.1. The number of carbonyl (C=O) groups excluding carboxylic acids is 3. The SMILES string of the molecule is C=C1CCC(COCC(COCC2CCC(=O)S2)(COCC2CCC(=O)S2)COCC2CCC(=O)S2)S1. The molecule has 4 aliphatic rings. The second-order valence-electron chi connectivity index (χ2n) is 10.3. The van der Waals surface area contributed by atoms with Crippen molar-refractivity contribution >= 4 is 62.4 Å². The van der Waals surface area contributed by atoms with E-state index >= 15 is 0 Å². The van der Waals surface area contributed by atoms with Crippen molar-refractivity contribution in [3.8, 4) is 0 Å². The van der Waals surface area contributed by atoms with Crippen molar-refractivity contribution in [2.45, 2.75) is 72.4 Å². The molecule has 0 amide bonds. The van der Waals surface area contributed by atoms with Gasteiger partial charge in [-0.15, -0.1) is 11.8 Å². The molecule has 0 aromatic heterocycles. The van der Waals surface area contributed by atoms with Crippen LogP contribution < -0.4 is 0 Å². The van der Waals surface area contributed by atoms with Gasteiger partial charge in [-0.1, -0.05) is 41.9 Å². The van der Waals surface area contributed by atoms with Gasteiger partial charge in [-0.05, 0) is 37.0 Å². The summed E-state index contributed by atoms with van der Waals surface area (Å²) in [5.41, 5.74) is -0.520. The van der Waals surface area contributed by atoms with Crippen LogP contribution >= 0.6 is 47.0 Å². The van der Waals surface area contributed by atoms with Crippen molar-refractivity contribution in [2.75, 3.05) is 52.9 Å². The van der Waals surface area contributed by atoms with Crippen LogP contribution in [-0.2, 0) is 33.3 Å². The minimum Gasteiger partial charge on any atom is -0.379 e. The van der Waals surface area contributed by atoms with Gasteiger partial charge in [0, 0.05) is 40.3 Å². The van der Waals surface area contributed by atoms with Gasteiger partial charge >= 0.3 is 0 Å². The van der Waals surface area contributed by atoms with Gasteiger partial charge in [0.25, 0.3) is 0 Å². The largest absolute Gasteiger partial charge is 0.379 e. The van der Waals surface area contributed by atoms with E-state index in [1.54, 1.807) is 11.8 Å². The zero-order valence-corrected chi connectivity index (χ0v) is 24.6. The molecule has 0 bridgehead atoms. The predicted molar refractivity (Wildman–Crippen MR) is 152 cm³/mol. The summed E-state index contributed by atoms with van der Waals surface area (Å²) in [5, 5.41) is 1.69. The summed E-state index contributed by atoms with van der Waals surface area (Å²) in [4.78, 5) is 36.2. The zero-order valence-electron chi connectivity index (χ0n) is 21.3. The van der Waals surface area contributed by atoms with Gasteiger partial charge in [-0.2, -0.15) is 0 Å². The molecule has 0 saturated carbocycles. The fourth-order valence-electron chi connectivity index (χ4n) is 4.77. The third-order valence-corrected chi connectivity index (χ3v) is 11.6. The first-order valence-electron chi connectivity index (χ1n) is 13.1. The van der Waals surface area contributed by atoms with E-state index in [0.717, 1.165) is 32.1 Å². The van der Waals surface area contributed by atoms with Gasteiger partial charge in [-0.3, -0.25) is 14.4 Å². The van der Waals surface area contributed by atoms with Crippen molar-refractivity contribution < 1.29 is 33.3 Å². The van der Waals surface area contributed by atoms with Crippen LogP contribution in [0.25, 0.3) is 0 Å². The van der Waals surface area contributed by atoms with Crippen LogP contribution in [0.2, 0.25) is 0 Å². The summed E-state index contributed by atoms with van der Waals surface area (Å²) in [7, 11) is 0. The van der Waals surface area contributed by atoms with E-state index in [0.29, 0.717) is 77.4 Å². The van der Waals surface area contributed by atoms with E-state index in [2.05, 4.69) is 6.58 Å². The Hall–Kier alpha value is -0.0100. The number of allylic oxidation sites excluding steroid dienone is 1. The molecule has 4 heterocycles. The normalized spacial score (nSPS) is 30.1. The maximum Gasteiger partial charge on any atom is 0.189 e. The monoisotopic (exact) mass is 590 g/mol. The summed E-state index contributed by atoms with van der Waals surface area (Å²) in [6, 6.07) is 0. The molecule has 4 fully saturated rings. The molecule has 0 radical (unpaired) electrons. The summed E-state index contributed by atoms with van der Waals surface area (Å²) < 4.78 is 24.9. The van der Waals surface area contributed by atoms with Crippen LogP contribution in [0.3, 0.4) is 0 Å². The highest BCUT2D eigenvalue weighted by Gasteiger charge is 2.36. The van der Waals surface area contributed by atoms with E-state index in [1.165, 1.54) is 40.2 Å². The van der Waals surface area contributed by atoms with Crippen LogP contribution in [-0.4, -0.2) is 89.2 Å². The summed E-state index contributed by atoms with van der Waals surface area (Å²) in [5.74, 6) is 0. The molecule has 0 aromatic carbocycles. The minimum atomic E-state index is -0.520. The fourth-order valence-corrected chi connectivity index (χ4v) is 8.90. The molecule has 7 nitrogen and oxygen atoms in total. The highest BCUT2D eigenvalue weighted by molar-refractivity contribution is 8.15. The van der Waals surface area contributed by atoms with E-state index in [4.69, 9.17) is 18.9 Å². The quantitative estimate of drug-likeness (QED) is 0.250. The maximum atomic E-state index is 11.7.